The van der Waals surface area contributed by atoms with E-state index >= 15 is 0 Å². The molecule has 0 amide bonds. The predicted octanol–water partition coefficient (Wildman–Crippen LogP) is 1.05. The smallest absolute Gasteiger partial charge is 0.138 e. The molecule has 1 aromatic heterocycles. The third-order valence-electron chi connectivity index (χ3n) is 1.96. The fraction of sp³-hybridized carbons (Fsp3) is 0.625. The summed E-state index contributed by atoms with van der Waals surface area (Å²) in [4.78, 5) is 0. The molecular formula is C8H12N2O. The van der Waals surface area contributed by atoms with Crippen molar-refractivity contribution >= 4 is 0 Å². The van der Waals surface area contributed by atoms with Crippen molar-refractivity contribution in [1.29, 1.82) is 0 Å². The quantitative estimate of drug-likeness (QED) is 0.704. The second kappa shape index (κ2) is 2.66. The van der Waals surface area contributed by atoms with Gasteiger partial charge in [0.15, 0.2) is 0 Å². The van der Waals surface area contributed by atoms with Gasteiger partial charge in [0.05, 0.1) is 5.69 Å². The zero-order valence-corrected chi connectivity index (χ0v) is 6.42. The number of rotatable bonds is 3. The van der Waals surface area contributed by atoms with Gasteiger partial charge in [0.2, 0.25) is 0 Å². The van der Waals surface area contributed by atoms with Gasteiger partial charge in [-0.3, -0.25) is 0 Å². The van der Waals surface area contributed by atoms with Gasteiger partial charge in [0, 0.05) is 18.4 Å². The van der Waals surface area contributed by atoms with Gasteiger partial charge in [-0.2, -0.15) is 0 Å². The Hall–Kier alpha value is -0.830. The molecule has 1 fully saturated rings. The molecule has 0 atom stereocenters. The van der Waals surface area contributed by atoms with Crippen LogP contribution < -0.4 is 5.73 Å². The first kappa shape index (κ1) is 6.85. The van der Waals surface area contributed by atoms with Crippen molar-refractivity contribution in [2.45, 2.75) is 25.2 Å². The first-order valence-electron chi connectivity index (χ1n) is 4.05. The van der Waals surface area contributed by atoms with Crippen molar-refractivity contribution in [2.75, 3.05) is 6.54 Å². The Balaban J connectivity index is 2.06. The van der Waals surface area contributed by atoms with Crippen molar-refractivity contribution < 1.29 is 4.52 Å². The molecule has 0 radical (unpaired) electrons. The van der Waals surface area contributed by atoms with Crippen LogP contribution in [0.5, 0.6) is 0 Å². The minimum atomic E-state index is 0.638. The Bertz CT molecular complexity index is 240. The van der Waals surface area contributed by atoms with E-state index in [0.717, 1.165) is 17.9 Å². The maximum Gasteiger partial charge on any atom is 0.138 e. The number of hydrogen-bond donors (Lipinski definition) is 1. The third-order valence-corrected chi connectivity index (χ3v) is 1.96. The van der Waals surface area contributed by atoms with Crippen LogP contribution in [0.15, 0.2) is 10.6 Å². The van der Waals surface area contributed by atoms with E-state index in [1.807, 2.05) is 6.07 Å². The molecule has 0 saturated heterocycles. The van der Waals surface area contributed by atoms with E-state index in [1.165, 1.54) is 12.8 Å². The molecule has 1 saturated carbocycles. The second-order valence-corrected chi connectivity index (χ2v) is 3.03. The summed E-state index contributed by atoms with van der Waals surface area (Å²) in [5.41, 5.74) is 6.49. The molecule has 1 aliphatic carbocycles. The lowest BCUT2D eigenvalue weighted by Gasteiger charge is -1.84. The molecule has 0 spiro atoms. The highest BCUT2D eigenvalue weighted by molar-refractivity contribution is 5.15. The van der Waals surface area contributed by atoms with Gasteiger partial charge in [0.1, 0.15) is 5.76 Å². The summed E-state index contributed by atoms with van der Waals surface area (Å²) < 4.78 is 5.08. The van der Waals surface area contributed by atoms with Gasteiger partial charge in [-0.15, -0.1) is 0 Å². The minimum absolute atomic E-state index is 0.638. The summed E-state index contributed by atoms with van der Waals surface area (Å²) in [7, 11) is 0. The molecule has 2 rings (SSSR count). The van der Waals surface area contributed by atoms with Crippen LogP contribution in [-0.4, -0.2) is 11.7 Å². The maximum atomic E-state index is 5.37. The molecule has 11 heavy (non-hydrogen) atoms. The fourth-order valence-corrected chi connectivity index (χ4v) is 1.16. The van der Waals surface area contributed by atoms with E-state index in [0.29, 0.717) is 12.5 Å². The lowest BCUT2D eigenvalue weighted by molar-refractivity contribution is 0.378. The fourth-order valence-electron chi connectivity index (χ4n) is 1.16. The molecule has 3 heteroatoms. The van der Waals surface area contributed by atoms with Gasteiger partial charge >= 0.3 is 0 Å². The Kier molecular flexibility index (Phi) is 1.66. The van der Waals surface area contributed by atoms with Crippen LogP contribution in [-0.2, 0) is 6.42 Å². The van der Waals surface area contributed by atoms with Crippen molar-refractivity contribution in [3.05, 3.63) is 17.5 Å². The Morgan fingerprint density at radius 1 is 1.64 bits per heavy atom. The van der Waals surface area contributed by atoms with Crippen molar-refractivity contribution in [1.82, 2.24) is 5.16 Å². The molecular weight excluding hydrogens is 140 g/mol. The average molecular weight is 152 g/mol. The highest BCUT2D eigenvalue weighted by Crippen LogP contribution is 2.39. The van der Waals surface area contributed by atoms with E-state index in [2.05, 4.69) is 5.16 Å². The van der Waals surface area contributed by atoms with E-state index in [4.69, 9.17) is 10.3 Å². The molecule has 3 nitrogen and oxygen atoms in total. The molecule has 2 N–H and O–H groups in total. The molecule has 1 aromatic rings. The zero-order chi connectivity index (χ0) is 7.68. The van der Waals surface area contributed by atoms with E-state index in [-0.39, 0.29) is 0 Å². The summed E-state index contributed by atoms with van der Waals surface area (Å²) in [5.74, 6) is 1.61. The van der Waals surface area contributed by atoms with Crippen LogP contribution in [0.1, 0.15) is 30.2 Å². The van der Waals surface area contributed by atoms with Crippen LogP contribution in [0.2, 0.25) is 0 Å². The SMILES string of the molecule is NCCc1cc(C2CC2)no1. The van der Waals surface area contributed by atoms with Gasteiger partial charge in [0.25, 0.3) is 0 Å². The predicted molar refractivity (Wildman–Crippen MR) is 41.2 cm³/mol. The van der Waals surface area contributed by atoms with Gasteiger partial charge < -0.3 is 10.3 Å². The maximum absolute atomic E-state index is 5.37. The number of aromatic nitrogens is 1. The molecule has 1 aliphatic rings. The second-order valence-electron chi connectivity index (χ2n) is 3.03. The van der Waals surface area contributed by atoms with Crippen LogP contribution in [0.25, 0.3) is 0 Å². The van der Waals surface area contributed by atoms with Crippen LogP contribution in [0.3, 0.4) is 0 Å². The number of nitrogens with zero attached hydrogens (tertiary/aromatic N) is 1. The van der Waals surface area contributed by atoms with Gasteiger partial charge in [-0.1, -0.05) is 5.16 Å². The van der Waals surface area contributed by atoms with Crippen LogP contribution >= 0.6 is 0 Å². The molecule has 0 aromatic carbocycles. The third kappa shape index (κ3) is 1.43. The van der Waals surface area contributed by atoms with E-state index in [9.17, 15) is 0 Å². The largest absolute Gasteiger partial charge is 0.361 e. The van der Waals surface area contributed by atoms with Crippen LogP contribution in [0, 0.1) is 0 Å². The molecule has 60 valence electrons. The van der Waals surface area contributed by atoms with Crippen molar-refractivity contribution in [3.63, 3.8) is 0 Å². The number of nitrogens with two attached hydrogens (primary N) is 1. The summed E-state index contributed by atoms with van der Waals surface area (Å²) in [6, 6.07) is 2.03. The molecule has 0 aliphatic heterocycles. The molecule has 0 bridgehead atoms. The minimum Gasteiger partial charge on any atom is -0.361 e. The average Bonchev–Trinajstić information content (AvgIpc) is 2.75. The van der Waals surface area contributed by atoms with Crippen molar-refractivity contribution in [3.8, 4) is 0 Å². The van der Waals surface area contributed by atoms with Crippen molar-refractivity contribution in [2.24, 2.45) is 5.73 Å². The Labute approximate surface area is 65.6 Å². The highest BCUT2D eigenvalue weighted by Gasteiger charge is 2.26. The summed E-state index contributed by atoms with van der Waals surface area (Å²) >= 11 is 0. The summed E-state index contributed by atoms with van der Waals surface area (Å²) in [6.45, 7) is 0.638. The monoisotopic (exact) mass is 152 g/mol. The van der Waals surface area contributed by atoms with E-state index in [1.54, 1.807) is 0 Å². The summed E-state index contributed by atoms with van der Waals surface area (Å²) in [6.07, 6.45) is 3.35. The lowest BCUT2D eigenvalue weighted by atomic mass is 10.2. The standard InChI is InChI=1S/C8H12N2O/c9-4-3-7-5-8(10-11-7)6-1-2-6/h5-6H,1-4,9H2. The lowest BCUT2D eigenvalue weighted by Crippen LogP contribution is -2.01. The summed E-state index contributed by atoms with van der Waals surface area (Å²) in [5, 5.41) is 3.97. The molecule has 0 unspecified atom stereocenters. The van der Waals surface area contributed by atoms with E-state index < -0.39 is 0 Å². The van der Waals surface area contributed by atoms with Gasteiger partial charge in [-0.25, -0.2) is 0 Å². The first-order chi connectivity index (χ1) is 5.40. The highest BCUT2D eigenvalue weighted by atomic mass is 16.5. The Morgan fingerprint density at radius 2 is 2.45 bits per heavy atom. The first-order valence-corrected chi connectivity index (χ1v) is 4.05. The van der Waals surface area contributed by atoms with Gasteiger partial charge in [-0.05, 0) is 19.4 Å². The number of hydrogen-bond acceptors (Lipinski definition) is 3. The normalized spacial score (nSPS) is 17.2. The topological polar surface area (TPSA) is 52.0 Å². The molecule has 1 heterocycles. The Morgan fingerprint density at radius 3 is 3.09 bits per heavy atom. The van der Waals surface area contributed by atoms with Crippen LogP contribution in [0.4, 0.5) is 0 Å². The zero-order valence-electron chi connectivity index (χ0n) is 6.42.